The summed E-state index contributed by atoms with van der Waals surface area (Å²) in [5.41, 5.74) is 2.24. The first-order valence-corrected chi connectivity index (χ1v) is 10.3. The molecule has 1 aromatic carbocycles. The number of halogens is 1. The fraction of sp³-hybridized carbons (Fsp3) is 0.300. The maximum Gasteiger partial charge on any atom is 0.232 e. The van der Waals surface area contributed by atoms with Crippen LogP contribution < -0.4 is 4.90 Å². The molecular formula is C20H19ClN4O3S. The number of hydrogen-bond acceptors (Lipinski definition) is 8. The molecule has 0 amide bonds. The molecule has 0 saturated carbocycles. The number of ether oxygens (including phenoxy) is 1. The van der Waals surface area contributed by atoms with Crippen LogP contribution >= 0.6 is 23.4 Å². The zero-order valence-corrected chi connectivity index (χ0v) is 17.6. The zero-order chi connectivity index (χ0) is 20.4. The first-order valence-electron chi connectivity index (χ1n) is 9.14. The average molecular weight is 431 g/mol. The molecular weight excluding hydrogens is 412 g/mol. The minimum Gasteiger partial charge on any atom is -0.378 e. The van der Waals surface area contributed by atoms with Crippen molar-refractivity contribution in [2.45, 2.75) is 19.0 Å². The number of hydrogen-bond donors (Lipinski definition) is 0. The summed E-state index contributed by atoms with van der Waals surface area (Å²) in [6.45, 7) is 6.43. The highest BCUT2D eigenvalue weighted by Gasteiger charge is 2.25. The van der Waals surface area contributed by atoms with Gasteiger partial charge in [-0.3, -0.25) is 4.79 Å². The summed E-state index contributed by atoms with van der Waals surface area (Å²) in [5, 5.41) is 4.71. The monoisotopic (exact) mass is 430 g/mol. The summed E-state index contributed by atoms with van der Waals surface area (Å²) in [5.74, 6) is 1.22. The highest BCUT2D eigenvalue weighted by molar-refractivity contribution is 8.14. The predicted molar refractivity (Wildman–Crippen MR) is 112 cm³/mol. The third kappa shape index (κ3) is 4.29. The number of thioether (sulfide) groups is 1. The van der Waals surface area contributed by atoms with E-state index >= 15 is 0 Å². The summed E-state index contributed by atoms with van der Waals surface area (Å²) in [7, 11) is 0. The number of aryl methyl sites for hydroxylation is 2. The van der Waals surface area contributed by atoms with Crippen LogP contribution in [0.2, 0.25) is 5.02 Å². The van der Waals surface area contributed by atoms with Crippen molar-refractivity contribution in [1.82, 2.24) is 15.1 Å². The van der Waals surface area contributed by atoms with Crippen LogP contribution in [-0.2, 0) is 4.74 Å². The molecule has 3 aromatic rings. The Hall–Kier alpha value is -2.42. The van der Waals surface area contributed by atoms with Crippen molar-refractivity contribution in [2.24, 2.45) is 0 Å². The minimum absolute atomic E-state index is 0.239. The number of benzene rings is 1. The first-order chi connectivity index (χ1) is 14.0. The van der Waals surface area contributed by atoms with Crippen molar-refractivity contribution in [2.75, 3.05) is 31.2 Å². The summed E-state index contributed by atoms with van der Waals surface area (Å²) < 4.78 is 10.7. The van der Waals surface area contributed by atoms with Crippen LogP contribution in [0.4, 0.5) is 5.82 Å². The fourth-order valence-electron chi connectivity index (χ4n) is 3.11. The van der Waals surface area contributed by atoms with Crippen LogP contribution in [-0.4, -0.2) is 46.5 Å². The highest BCUT2D eigenvalue weighted by Crippen LogP contribution is 2.34. The van der Waals surface area contributed by atoms with Crippen LogP contribution in [0.1, 0.15) is 21.8 Å². The van der Waals surface area contributed by atoms with E-state index in [0.717, 1.165) is 36.4 Å². The Morgan fingerprint density at radius 3 is 2.69 bits per heavy atom. The van der Waals surface area contributed by atoms with E-state index < -0.39 is 0 Å². The van der Waals surface area contributed by atoms with Crippen LogP contribution in [0.25, 0.3) is 11.3 Å². The smallest absolute Gasteiger partial charge is 0.232 e. The number of rotatable bonds is 4. The van der Waals surface area contributed by atoms with Gasteiger partial charge in [-0.15, -0.1) is 0 Å². The maximum atomic E-state index is 13.1. The molecule has 1 aliphatic rings. The van der Waals surface area contributed by atoms with E-state index in [1.807, 2.05) is 25.1 Å². The second-order valence-electron chi connectivity index (χ2n) is 6.58. The van der Waals surface area contributed by atoms with E-state index in [9.17, 15) is 4.79 Å². The molecule has 0 aliphatic carbocycles. The third-order valence-electron chi connectivity index (χ3n) is 4.54. The Bertz CT molecular complexity index is 1050. The summed E-state index contributed by atoms with van der Waals surface area (Å²) >= 11 is 7.25. The SMILES string of the molecule is Cc1cc(N2CCOCC2)nc(SC(=O)c2c(-c3ccccc3Cl)noc2C)n1. The molecule has 29 heavy (non-hydrogen) atoms. The van der Waals surface area contributed by atoms with Gasteiger partial charge in [0, 0.05) is 30.4 Å². The van der Waals surface area contributed by atoms with Crippen LogP contribution in [0.15, 0.2) is 40.0 Å². The molecule has 3 heterocycles. The Morgan fingerprint density at radius 1 is 1.17 bits per heavy atom. The van der Waals surface area contributed by atoms with Gasteiger partial charge in [-0.2, -0.15) is 0 Å². The topological polar surface area (TPSA) is 81.4 Å². The molecule has 0 bridgehead atoms. The molecule has 0 unspecified atom stereocenters. The van der Waals surface area contributed by atoms with Crippen LogP contribution in [0.3, 0.4) is 0 Å². The zero-order valence-electron chi connectivity index (χ0n) is 16.0. The lowest BCUT2D eigenvalue weighted by atomic mass is 10.1. The van der Waals surface area contributed by atoms with Gasteiger partial charge in [-0.25, -0.2) is 9.97 Å². The molecule has 2 aromatic heterocycles. The van der Waals surface area contributed by atoms with E-state index in [1.165, 1.54) is 0 Å². The molecule has 150 valence electrons. The second-order valence-corrected chi connectivity index (χ2v) is 7.93. The predicted octanol–water partition coefficient (Wildman–Crippen LogP) is 4.17. The van der Waals surface area contributed by atoms with Crippen LogP contribution in [0, 0.1) is 13.8 Å². The number of nitrogens with zero attached hydrogens (tertiary/aromatic N) is 4. The van der Waals surface area contributed by atoms with Gasteiger partial charge in [0.1, 0.15) is 17.3 Å². The number of carbonyl (C=O) groups excluding carboxylic acids is 1. The van der Waals surface area contributed by atoms with E-state index in [-0.39, 0.29) is 5.12 Å². The average Bonchev–Trinajstić information content (AvgIpc) is 3.10. The van der Waals surface area contributed by atoms with E-state index in [4.69, 9.17) is 20.9 Å². The quantitative estimate of drug-likeness (QED) is 0.450. The Labute approximate surface area is 177 Å². The normalized spacial score (nSPS) is 14.2. The number of aromatic nitrogens is 3. The molecule has 1 aliphatic heterocycles. The number of carbonyl (C=O) groups is 1. The van der Waals surface area contributed by atoms with Crippen molar-refractivity contribution in [3.63, 3.8) is 0 Å². The van der Waals surface area contributed by atoms with Gasteiger partial charge < -0.3 is 14.2 Å². The van der Waals surface area contributed by atoms with Gasteiger partial charge in [-0.1, -0.05) is 35.0 Å². The summed E-state index contributed by atoms with van der Waals surface area (Å²) in [6, 6.07) is 9.13. The maximum absolute atomic E-state index is 13.1. The molecule has 0 N–H and O–H groups in total. The van der Waals surface area contributed by atoms with Crippen molar-refractivity contribution >= 4 is 34.3 Å². The lowest BCUT2D eigenvalue weighted by molar-refractivity contribution is 0.108. The van der Waals surface area contributed by atoms with E-state index in [1.54, 1.807) is 19.1 Å². The number of anilines is 1. The van der Waals surface area contributed by atoms with Gasteiger partial charge in [0.05, 0.1) is 23.8 Å². The first kappa shape index (κ1) is 19.9. The van der Waals surface area contributed by atoms with Crippen molar-refractivity contribution < 1.29 is 14.1 Å². The van der Waals surface area contributed by atoms with Gasteiger partial charge >= 0.3 is 0 Å². The molecule has 7 nitrogen and oxygen atoms in total. The van der Waals surface area contributed by atoms with Gasteiger partial charge in [0.25, 0.3) is 0 Å². The number of morpholine rings is 1. The van der Waals surface area contributed by atoms with E-state index in [0.29, 0.717) is 46.0 Å². The van der Waals surface area contributed by atoms with Gasteiger partial charge in [0.15, 0.2) is 5.16 Å². The molecule has 0 atom stereocenters. The highest BCUT2D eigenvalue weighted by atomic mass is 35.5. The van der Waals surface area contributed by atoms with Crippen LogP contribution in [0.5, 0.6) is 0 Å². The van der Waals surface area contributed by atoms with Crippen molar-refractivity contribution in [1.29, 1.82) is 0 Å². The van der Waals surface area contributed by atoms with Crippen molar-refractivity contribution in [3.8, 4) is 11.3 Å². The summed E-state index contributed by atoms with van der Waals surface area (Å²) in [4.78, 5) is 24.2. The molecule has 1 saturated heterocycles. The molecule has 0 radical (unpaired) electrons. The minimum atomic E-state index is -0.239. The van der Waals surface area contributed by atoms with Gasteiger partial charge in [-0.05, 0) is 31.7 Å². The fourth-order valence-corrected chi connectivity index (χ4v) is 4.17. The van der Waals surface area contributed by atoms with Gasteiger partial charge in [0.2, 0.25) is 5.12 Å². The standard InChI is InChI=1S/C20H19ClN4O3S/c1-12-11-16(25-7-9-27-10-8-25)23-20(22-12)29-19(26)17-13(2)28-24-18(17)14-5-3-4-6-15(14)21/h3-6,11H,7-10H2,1-2H3. The Kier molecular flexibility index (Phi) is 5.84. The summed E-state index contributed by atoms with van der Waals surface area (Å²) in [6.07, 6.45) is 0. The Morgan fingerprint density at radius 2 is 1.93 bits per heavy atom. The van der Waals surface area contributed by atoms with Crippen molar-refractivity contribution in [3.05, 3.63) is 52.4 Å². The lowest BCUT2D eigenvalue weighted by Gasteiger charge is -2.28. The molecule has 4 rings (SSSR count). The second kappa shape index (κ2) is 8.52. The molecule has 9 heteroatoms. The molecule has 0 spiro atoms. The Balaban J connectivity index is 1.63. The molecule has 1 fully saturated rings. The largest absolute Gasteiger partial charge is 0.378 e. The lowest BCUT2D eigenvalue weighted by Crippen LogP contribution is -2.36. The third-order valence-corrected chi connectivity index (χ3v) is 5.62. The van der Waals surface area contributed by atoms with E-state index in [2.05, 4.69) is 20.0 Å².